The first kappa shape index (κ1) is 20.6. The summed E-state index contributed by atoms with van der Waals surface area (Å²) in [6.45, 7) is 1.82. The van der Waals surface area contributed by atoms with Gasteiger partial charge < -0.3 is 23.9 Å². The van der Waals surface area contributed by atoms with Crippen molar-refractivity contribution in [1.82, 2.24) is 19.8 Å². The van der Waals surface area contributed by atoms with Crippen LogP contribution in [0.25, 0.3) is 33.0 Å². The Morgan fingerprint density at radius 2 is 1.79 bits per heavy atom. The standard InChI is InChI=1S/C26H24N4O4/c1-29(2)10-5-11-30-13-17(21-19(30)8-9-20-24(21)34-14-33-20)23-22(25(31)28-26(23)32)16-12-27-18-7-4-3-6-15(16)18/h3-4,6-9,12-13,27H,5,10-11,14H2,1-2H3,(H,28,31,32). The van der Waals surface area contributed by atoms with Gasteiger partial charge in [0.1, 0.15) is 0 Å². The fourth-order valence-electron chi connectivity index (χ4n) is 4.93. The molecule has 0 bridgehead atoms. The second kappa shape index (κ2) is 7.78. The summed E-state index contributed by atoms with van der Waals surface area (Å²) < 4.78 is 13.6. The minimum Gasteiger partial charge on any atom is -0.454 e. The molecule has 8 nitrogen and oxygen atoms in total. The summed E-state index contributed by atoms with van der Waals surface area (Å²) in [6, 6.07) is 11.6. The van der Waals surface area contributed by atoms with Gasteiger partial charge in [0.2, 0.25) is 6.79 Å². The van der Waals surface area contributed by atoms with Gasteiger partial charge in [0.25, 0.3) is 11.8 Å². The highest BCUT2D eigenvalue weighted by atomic mass is 16.7. The number of imide groups is 1. The maximum atomic E-state index is 13.2. The van der Waals surface area contributed by atoms with Crippen molar-refractivity contribution in [3.05, 3.63) is 59.9 Å². The maximum absolute atomic E-state index is 13.2. The fraction of sp³-hybridized carbons (Fsp3) is 0.231. The van der Waals surface area contributed by atoms with Crippen molar-refractivity contribution in [3.63, 3.8) is 0 Å². The lowest BCUT2D eigenvalue weighted by atomic mass is 9.95. The molecule has 0 saturated heterocycles. The van der Waals surface area contributed by atoms with Gasteiger partial charge in [-0.05, 0) is 45.3 Å². The van der Waals surface area contributed by atoms with E-state index in [9.17, 15) is 9.59 Å². The number of benzene rings is 2. The first-order valence-electron chi connectivity index (χ1n) is 11.3. The quantitative estimate of drug-likeness (QED) is 0.435. The molecule has 0 saturated carbocycles. The minimum absolute atomic E-state index is 0.124. The lowest BCUT2D eigenvalue weighted by molar-refractivity contribution is -0.122. The molecule has 0 spiro atoms. The van der Waals surface area contributed by atoms with Gasteiger partial charge in [-0.3, -0.25) is 14.9 Å². The third kappa shape index (κ3) is 3.10. The van der Waals surface area contributed by atoms with E-state index in [4.69, 9.17) is 9.47 Å². The third-order valence-corrected chi connectivity index (χ3v) is 6.44. The molecule has 2 N–H and O–H groups in total. The summed E-state index contributed by atoms with van der Waals surface area (Å²) in [5, 5.41) is 4.19. The van der Waals surface area contributed by atoms with Crippen LogP contribution in [0.15, 0.2) is 48.8 Å². The van der Waals surface area contributed by atoms with Crippen LogP contribution in [-0.2, 0) is 16.1 Å². The van der Waals surface area contributed by atoms with Crippen molar-refractivity contribution in [2.75, 3.05) is 27.4 Å². The molecule has 0 aliphatic carbocycles. The third-order valence-electron chi connectivity index (χ3n) is 6.44. The Morgan fingerprint density at radius 1 is 1.00 bits per heavy atom. The van der Waals surface area contributed by atoms with Crippen LogP contribution in [0, 0.1) is 0 Å². The molecule has 6 rings (SSSR count). The van der Waals surface area contributed by atoms with Crippen molar-refractivity contribution in [2.45, 2.75) is 13.0 Å². The SMILES string of the molecule is CN(C)CCCn1cc(C2=C(c3c[nH]c4ccccc34)C(=O)NC2=O)c2c3c(ccc21)OCO3. The van der Waals surface area contributed by atoms with Gasteiger partial charge in [0, 0.05) is 41.0 Å². The lowest BCUT2D eigenvalue weighted by Gasteiger charge is -2.10. The largest absolute Gasteiger partial charge is 0.454 e. The zero-order chi connectivity index (χ0) is 23.4. The molecule has 2 aromatic heterocycles. The van der Waals surface area contributed by atoms with Crippen LogP contribution in [0.2, 0.25) is 0 Å². The molecular weight excluding hydrogens is 432 g/mol. The number of aromatic amines is 1. The number of fused-ring (bicyclic) bond motifs is 4. The van der Waals surface area contributed by atoms with E-state index < -0.39 is 11.8 Å². The maximum Gasteiger partial charge on any atom is 0.259 e. The zero-order valence-corrected chi connectivity index (χ0v) is 19.0. The Kier molecular flexibility index (Phi) is 4.70. The van der Waals surface area contributed by atoms with Crippen molar-refractivity contribution in [1.29, 1.82) is 0 Å². The number of aryl methyl sites for hydroxylation is 1. The van der Waals surface area contributed by atoms with Crippen molar-refractivity contribution in [3.8, 4) is 11.5 Å². The van der Waals surface area contributed by atoms with E-state index in [2.05, 4.69) is 19.8 Å². The van der Waals surface area contributed by atoms with E-state index in [0.29, 0.717) is 33.8 Å². The average Bonchev–Trinajstić information content (AvgIpc) is 3.57. The van der Waals surface area contributed by atoms with Crippen LogP contribution in [0.5, 0.6) is 11.5 Å². The first-order chi connectivity index (χ1) is 16.5. The number of carbonyl (C=O) groups excluding carboxylic acids is 2. The molecule has 2 aliphatic heterocycles. The Balaban J connectivity index is 1.60. The average molecular weight is 457 g/mol. The number of nitrogens with one attached hydrogen (secondary N) is 2. The fourth-order valence-corrected chi connectivity index (χ4v) is 4.93. The number of hydrogen-bond donors (Lipinski definition) is 2. The summed E-state index contributed by atoms with van der Waals surface area (Å²) in [5.74, 6) is 0.438. The predicted octanol–water partition coefficient (Wildman–Crippen LogP) is 3.37. The van der Waals surface area contributed by atoms with E-state index in [-0.39, 0.29) is 6.79 Å². The molecule has 172 valence electrons. The normalized spacial score (nSPS) is 15.4. The molecule has 34 heavy (non-hydrogen) atoms. The van der Waals surface area contributed by atoms with Crippen LogP contribution < -0.4 is 14.8 Å². The van der Waals surface area contributed by atoms with Crippen LogP contribution in [0.3, 0.4) is 0 Å². The summed E-state index contributed by atoms with van der Waals surface area (Å²) in [4.78, 5) is 31.6. The molecule has 2 aromatic carbocycles. The van der Waals surface area contributed by atoms with Gasteiger partial charge >= 0.3 is 0 Å². The summed E-state index contributed by atoms with van der Waals surface area (Å²) in [6.07, 6.45) is 4.69. The Morgan fingerprint density at radius 3 is 2.62 bits per heavy atom. The number of aromatic nitrogens is 2. The summed E-state index contributed by atoms with van der Waals surface area (Å²) in [5.41, 5.74) is 3.94. The van der Waals surface area contributed by atoms with Gasteiger partial charge in [0.15, 0.2) is 11.5 Å². The van der Waals surface area contributed by atoms with Crippen LogP contribution in [0.1, 0.15) is 17.5 Å². The highest BCUT2D eigenvalue weighted by Crippen LogP contribution is 2.46. The van der Waals surface area contributed by atoms with Crippen molar-refractivity contribution >= 4 is 44.8 Å². The summed E-state index contributed by atoms with van der Waals surface area (Å²) in [7, 11) is 4.09. The Bertz CT molecular complexity index is 1510. The van der Waals surface area contributed by atoms with E-state index >= 15 is 0 Å². The van der Waals surface area contributed by atoms with Gasteiger partial charge in [-0.2, -0.15) is 0 Å². The minimum atomic E-state index is -0.408. The molecule has 2 amide bonds. The predicted molar refractivity (Wildman–Crippen MR) is 129 cm³/mol. The van der Waals surface area contributed by atoms with E-state index in [1.165, 1.54) is 0 Å². The molecule has 2 aliphatic rings. The van der Waals surface area contributed by atoms with Crippen LogP contribution in [-0.4, -0.2) is 53.7 Å². The molecular formula is C26H24N4O4. The Labute approximate surface area is 195 Å². The molecule has 0 radical (unpaired) electrons. The topological polar surface area (TPSA) is 88.6 Å². The van der Waals surface area contributed by atoms with Crippen molar-refractivity contribution in [2.24, 2.45) is 0 Å². The second-order valence-electron chi connectivity index (χ2n) is 8.87. The van der Waals surface area contributed by atoms with Crippen LogP contribution in [0.4, 0.5) is 0 Å². The van der Waals surface area contributed by atoms with Crippen LogP contribution >= 0.6 is 0 Å². The number of ether oxygens (including phenoxy) is 2. The number of carbonyl (C=O) groups is 2. The van der Waals surface area contributed by atoms with E-state index in [1.54, 1.807) is 6.20 Å². The highest BCUT2D eigenvalue weighted by molar-refractivity contribution is 6.51. The monoisotopic (exact) mass is 456 g/mol. The summed E-state index contributed by atoms with van der Waals surface area (Å²) >= 11 is 0. The number of amides is 2. The number of rotatable bonds is 6. The molecule has 4 heterocycles. The molecule has 0 atom stereocenters. The smallest absolute Gasteiger partial charge is 0.259 e. The zero-order valence-electron chi connectivity index (χ0n) is 19.0. The number of para-hydroxylation sites is 1. The van der Waals surface area contributed by atoms with E-state index in [1.807, 2.05) is 56.7 Å². The van der Waals surface area contributed by atoms with Crippen molar-refractivity contribution < 1.29 is 19.1 Å². The molecule has 0 fully saturated rings. The number of hydrogen-bond acceptors (Lipinski definition) is 5. The first-order valence-corrected chi connectivity index (χ1v) is 11.3. The second-order valence-corrected chi connectivity index (χ2v) is 8.87. The molecule has 8 heteroatoms. The van der Waals surface area contributed by atoms with Gasteiger partial charge in [-0.15, -0.1) is 0 Å². The number of H-pyrrole nitrogens is 1. The van der Waals surface area contributed by atoms with E-state index in [0.717, 1.165) is 41.3 Å². The lowest BCUT2D eigenvalue weighted by Crippen LogP contribution is -2.22. The van der Waals surface area contributed by atoms with Gasteiger partial charge in [-0.1, -0.05) is 18.2 Å². The highest BCUT2D eigenvalue weighted by Gasteiger charge is 2.36. The number of nitrogens with zero attached hydrogens (tertiary/aromatic N) is 2. The molecule has 0 unspecified atom stereocenters. The van der Waals surface area contributed by atoms with Gasteiger partial charge in [-0.25, -0.2) is 0 Å². The molecule has 4 aromatic rings. The Hall–Kier alpha value is -4.04. The van der Waals surface area contributed by atoms with Gasteiger partial charge in [0.05, 0.1) is 22.0 Å².